The highest BCUT2D eigenvalue weighted by Gasteiger charge is 2.52. The third kappa shape index (κ3) is 1.78. The van der Waals surface area contributed by atoms with E-state index in [1.54, 1.807) is 14.2 Å². The lowest BCUT2D eigenvalue weighted by molar-refractivity contribution is 0.0475. The number of rotatable bonds is 2. The van der Waals surface area contributed by atoms with Gasteiger partial charge in [0.1, 0.15) is 0 Å². The lowest BCUT2D eigenvalue weighted by atomic mass is 9.54. The molecule has 0 radical (unpaired) electrons. The molecule has 1 fully saturated rings. The summed E-state index contributed by atoms with van der Waals surface area (Å²) in [7, 11) is 5.74. The number of likely N-dealkylation sites (N-methyl/N-ethyl adjacent to an activating group) is 1. The molecule has 0 aromatic heterocycles. The molecule has 1 saturated heterocycles. The first-order valence-electron chi connectivity index (χ1n) is 8.32. The zero-order chi connectivity index (χ0) is 15.3. The third-order valence-corrected chi connectivity index (χ3v) is 6.20. The molecule has 118 valence electrons. The van der Waals surface area contributed by atoms with Crippen LogP contribution in [0.1, 0.15) is 30.4 Å². The van der Waals surface area contributed by atoms with E-state index in [2.05, 4.69) is 36.2 Å². The van der Waals surface area contributed by atoms with Gasteiger partial charge in [-0.2, -0.15) is 0 Å². The summed E-state index contributed by atoms with van der Waals surface area (Å²) in [6.07, 6.45) is 9.70. The fourth-order valence-electron chi connectivity index (χ4n) is 5.05. The SMILES string of the molecule is COc1cc2c(cc1OC)[C@@]13CCC=C[C@H]1[C@@H](C2)N(C)CC3. The van der Waals surface area contributed by atoms with Crippen LogP contribution in [-0.2, 0) is 11.8 Å². The largest absolute Gasteiger partial charge is 0.493 e. The molecule has 2 bridgehead atoms. The van der Waals surface area contributed by atoms with Crippen molar-refractivity contribution in [3.8, 4) is 11.5 Å². The van der Waals surface area contributed by atoms with E-state index in [-0.39, 0.29) is 0 Å². The molecule has 1 aromatic rings. The Bertz CT molecular complexity index is 624. The summed E-state index contributed by atoms with van der Waals surface area (Å²) in [6.45, 7) is 1.20. The van der Waals surface area contributed by atoms with Crippen molar-refractivity contribution in [1.29, 1.82) is 0 Å². The summed E-state index contributed by atoms with van der Waals surface area (Å²) < 4.78 is 11.1. The Hall–Kier alpha value is -1.48. The van der Waals surface area contributed by atoms with E-state index < -0.39 is 0 Å². The van der Waals surface area contributed by atoms with Gasteiger partial charge in [-0.25, -0.2) is 0 Å². The maximum Gasteiger partial charge on any atom is 0.161 e. The Labute approximate surface area is 132 Å². The molecule has 3 heteroatoms. The molecule has 0 N–H and O–H groups in total. The van der Waals surface area contributed by atoms with Crippen molar-refractivity contribution in [3.05, 3.63) is 35.4 Å². The Morgan fingerprint density at radius 2 is 1.91 bits per heavy atom. The number of hydrogen-bond donors (Lipinski definition) is 0. The Morgan fingerprint density at radius 3 is 2.68 bits per heavy atom. The van der Waals surface area contributed by atoms with Crippen LogP contribution in [0.3, 0.4) is 0 Å². The molecule has 3 aliphatic rings. The van der Waals surface area contributed by atoms with Gasteiger partial charge < -0.3 is 14.4 Å². The lowest BCUT2D eigenvalue weighted by Crippen LogP contribution is -2.58. The average Bonchev–Trinajstić information content (AvgIpc) is 2.57. The van der Waals surface area contributed by atoms with Crippen LogP contribution in [0.15, 0.2) is 24.3 Å². The molecule has 1 aliphatic heterocycles. The zero-order valence-corrected chi connectivity index (χ0v) is 13.8. The van der Waals surface area contributed by atoms with Gasteiger partial charge in [-0.15, -0.1) is 0 Å². The van der Waals surface area contributed by atoms with Crippen LogP contribution in [0.2, 0.25) is 0 Å². The standard InChI is InChI=1S/C19H25NO2/c1-20-9-8-19-7-5-4-6-14(19)16(20)10-13-11-17(21-2)18(22-3)12-15(13)19/h4,6,11-12,14,16H,5,7-10H2,1-3H3/t14-,16+,19+/m0/s1. The molecular weight excluding hydrogens is 274 g/mol. The van der Waals surface area contributed by atoms with Crippen molar-refractivity contribution < 1.29 is 9.47 Å². The quantitative estimate of drug-likeness (QED) is 0.783. The van der Waals surface area contributed by atoms with E-state index in [0.717, 1.165) is 17.9 Å². The Balaban J connectivity index is 1.92. The van der Waals surface area contributed by atoms with E-state index in [9.17, 15) is 0 Å². The molecule has 1 aromatic carbocycles. The van der Waals surface area contributed by atoms with Gasteiger partial charge in [0.25, 0.3) is 0 Å². The van der Waals surface area contributed by atoms with Gasteiger partial charge in [0.05, 0.1) is 14.2 Å². The smallest absolute Gasteiger partial charge is 0.161 e. The lowest BCUT2D eigenvalue weighted by Gasteiger charge is -2.56. The first-order chi connectivity index (χ1) is 10.7. The van der Waals surface area contributed by atoms with Gasteiger partial charge in [0.2, 0.25) is 0 Å². The molecule has 0 unspecified atom stereocenters. The molecule has 0 amide bonds. The van der Waals surface area contributed by atoms with E-state index in [0.29, 0.717) is 17.4 Å². The average molecular weight is 299 g/mol. The summed E-state index contributed by atoms with van der Waals surface area (Å²) in [5.74, 6) is 2.38. The number of nitrogens with zero attached hydrogens (tertiary/aromatic N) is 1. The molecule has 2 aliphatic carbocycles. The number of piperidine rings is 1. The minimum atomic E-state index is 0.305. The van der Waals surface area contributed by atoms with Crippen LogP contribution in [0.5, 0.6) is 11.5 Å². The number of hydrogen-bond acceptors (Lipinski definition) is 3. The molecule has 22 heavy (non-hydrogen) atoms. The van der Waals surface area contributed by atoms with Gasteiger partial charge in [0.15, 0.2) is 11.5 Å². The Kier molecular flexibility index (Phi) is 3.23. The van der Waals surface area contributed by atoms with Gasteiger partial charge in [-0.05, 0) is 62.5 Å². The second-order valence-corrected chi connectivity index (χ2v) is 7.02. The number of ether oxygens (including phenoxy) is 2. The van der Waals surface area contributed by atoms with E-state index in [1.165, 1.54) is 36.9 Å². The molecule has 3 atom stereocenters. The summed E-state index contributed by atoms with van der Waals surface area (Å²) in [5, 5.41) is 0. The second-order valence-electron chi connectivity index (χ2n) is 7.02. The number of likely N-dealkylation sites (tertiary alicyclic amines) is 1. The number of methoxy groups -OCH3 is 2. The molecule has 3 nitrogen and oxygen atoms in total. The normalized spacial score (nSPS) is 33.0. The second kappa shape index (κ2) is 5.02. The van der Waals surface area contributed by atoms with Crippen molar-refractivity contribution in [2.75, 3.05) is 27.8 Å². The maximum absolute atomic E-state index is 5.58. The topological polar surface area (TPSA) is 21.7 Å². The van der Waals surface area contributed by atoms with Crippen molar-refractivity contribution in [1.82, 2.24) is 4.90 Å². The van der Waals surface area contributed by atoms with E-state index in [1.807, 2.05) is 0 Å². The monoisotopic (exact) mass is 299 g/mol. The van der Waals surface area contributed by atoms with Gasteiger partial charge in [-0.3, -0.25) is 0 Å². The van der Waals surface area contributed by atoms with Crippen LogP contribution in [0.25, 0.3) is 0 Å². The highest BCUT2D eigenvalue weighted by Crippen LogP contribution is 2.55. The van der Waals surface area contributed by atoms with Crippen LogP contribution in [0, 0.1) is 5.92 Å². The maximum atomic E-state index is 5.58. The van der Waals surface area contributed by atoms with Crippen molar-refractivity contribution in [3.63, 3.8) is 0 Å². The zero-order valence-electron chi connectivity index (χ0n) is 13.8. The fourth-order valence-corrected chi connectivity index (χ4v) is 5.05. The third-order valence-electron chi connectivity index (χ3n) is 6.20. The van der Waals surface area contributed by atoms with Crippen LogP contribution in [-0.4, -0.2) is 38.8 Å². The number of allylic oxidation sites excluding steroid dienone is 1. The molecule has 1 heterocycles. The van der Waals surface area contributed by atoms with Crippen LogP contribution < -0.4 is 9.47 Å². The van der Waals surface area contributed by atoms with E-state index in [4.69, 9.17) is 9.47 Å². The molecule has 0 spiro atoms. The van der Waals surface area contributed by atoms with Crippen LogP contribution >= 0.6 is 0 Å². The van der Waals surface area contributed by atoms with Gasteiger partial charge in [-0.1, -0.05) is 12.2 Å². The van der Waals surface area contributed by atoms with Crippen molar-refractivity contribution in [2.45, 2.75) is 37.1 Å². The number of benzene rings is 1. The fraction of sp³-hybridized carbons (Fsp3) is 0.579. The van der Waals surface area contributed by atoms with Crippen molar-refractivity contribution >= 4 is 0 Å². The van der Waals surface area contributed by atoms with Crippen molar-refractivity contribution in [2.24, 2.45) is 5.92 Å². The van der Waals surface area contributed by atoms with E-state index >= 15 is 0 Å². The number of fused-ring (bicyclic) bond motifs is 1. The summed E-state index contributed by atoms with van der Waals surface area (Å²) in [4.78, 5) is 2.55. The minimum absolute atomic E-state index is 0.305. The molecular formula is C19H25NO2. The van der Waals surface area contributed by atoms with Gasteiger partial charge in [0, 0.05) is 17.4 Å². The van der Waals surface area contributed by atoms with Gasteiger partial charge >= 0.3 is 0 Å². The minimum Gasteiger partial charge on any atom is -0.493 e. The molecule has 0 saturated carbocycles. The predicted octanol–water partition coefficient (Wildman–Crippen LogP) is 3.17. The van der Waals surface area contributed by atoms with Crippen LogP contribution in [0.4, 0.5) is 0 Å². The first-order valence-corrected chi connectivity index (χ1v) is 8.32. The summed E-state index contributed by atoms with van der Waals surface area (Å²) in [5.41, 5.74) is 3.28. The summed E-state index contributed by atoms with van der Waals surface area (Å²) in [6, 6.07) is 5.11. The summed E-state index contributed by atoms with van der Waals surface area (Å²) >= 11 is 0. The Morgan fingerprint density at radius 1 is 1.14 bits per heavy atom. The highest BCUT2D eigenvalue weighted by molar-refractivity contribution is 5.53. The highest BCUT2D eigenvalue weighted by atomic mass is 16.5. The first kappa shape index (κ1) is 14.1. The molecule has 4 rings (SSSR count). The predicted molar refractivity (Wildman–Crippen MR) is 87.8 cm³/mol.